The molecule has 1 aromatic rings. The summed E-state index contributed by atoms with van der Waals surface area (Å²) < 4.78 is 13.0. The fraction of sp³-hybridized carbons (Fsp3) is 0.467. The van der Waals surface area contributed by atoms with Gasteiger partial charge in [-0.05, 0) is 37.5 Å². The highest BCUT2D eigenvalue weighted by molar-refractivity contribution is 6.31. The molecule has 22 heavy (non-hydrogen) atoms. The summed E-state index contributed by atoms with van der Waals surface area (Å²) in [5, 5.41) is 12.1. The Hall–Kier alpha value is -1.82. The number of hydrogen-bond donors (Lipinski definition) is 2. The molecule has 1 fully saturated rings. The van der Waals surface area contributed by atoms with E-state index in [-0.39, 0.29) is 17.6 Å². The van der Waals surface area contributed by atoms with Crippen LogP contribution in [-0.2, 0) is 4.79 Å². The van der Waals surface area contributed by atoms with E-state index in [2.05, 4.69) is 5.32 Å². The lowest BCUT2D eigenvalue weighted by atomic mass is 9.98. The fourth-order valence-electron chi connectivity index (χ4n) is 2.57. The first-order valence-electron chi connectivity index (χ1n) is 7.11. The maximum atomic E-state index is 13.0. The molecule has 0 spiro atoms. The van der Waals surface area contributed by atoms with Crippen molar-refractivity contribution in [3.05, 3.63) is 34.6 Å². The number of amides is 2. The number of aliphatic carboxylic acids is 1. The predicted octanol–water partition coefficient (Wildman–Crippen LogP) is 3.05. The smallest absolute Gasteiger partial charge is 0.317 e. The maximum absolute atomic E-state index is 13.0. The van der Waals surface area contributed by atoms with E-state index in [1.165, 1.54) is 23.1 Å². The first-order chi connectivity index (χ1) is 10.4. The standard InChI is InChI=1S/C15H18ClFN2O3/c1-9(12-5-4-11(17)7-13(12)16)18-15(22)19-6-2-3-10(8-19)14(20)21/h4-5,7,9-10H,2-3,6,8H2,1H3,(H,18,22)(H,20,21)/t9-,10?/m1/s1. The van der Waals surface area contributed by atoms with Crippen molar-refractivity contribution in [1.29, 1.82) is 0 Å². The molecule has 1 aromatic carbocycles. The SMILES string of the molecule is C[C@@H](NC(=O)N1CCCC(C(=O)O)C1)c1ccc(F)cc1Cl. The Balaban J connectivity index is 2.00. The van der Waals surface area contributed by atoms with Crippen LogP contribution in [0.2, 0.25) is 5.02 Å². The molecule has 2 amide bonds. The molecule has 1 unspecified atom stereocenters. The van der Waals surface area contributed by atoms with Gasteiger partial charge in [0.25, 0.3) is 0 Å². The van der Waals surface area contributed by atoms with Crippen LogP contribution in [0, 0.1) is 11.7 Å². The van der Waals surface area contributed by atoms with Crippen LogP contribution < -0.4 is 5.32 Å². The topological polar surface area (TPSA) is 69.6 Å². The van der Waals surface area contributed by atoms with Crippen molar-refractivity contribution in [1.82, 2.24) is 10.2 Å². The molecule has 7 heteroatoms. The maximum Gasteiger partial charge on any atom is 0.317 e. The summed E-state index contributed by atoms with van der Waals surface area (Å²) >= 11 is 5.98. The van der Waals surface area contributed by atoms with Crippen molar-refractivity contribution >= 4 is 23.6 Å². The normalized spacial score (nSPS) is 19.6. The number of benzene rings is 1. The summed E-state index contributed by atoms with van der Waals surface area (Å²) in [6.07, 6.45) is 1.24. The second-order valence-corrected chi connectivity index (χ2v) is 5.87. The van der Waals surface area contributed by atoms with E-state index >= 15 is 0 Å². The fourth-order valence-corrected chi connectivity index (χ4v) is 2.90. The molecule has 1 aliphatic rings. The van der Waals surface area contributed by atoms with Crippen molar-refractivity contribution in [3.63, 3.8) is 0 Å². The molecule has 0 aromatic heterocycles. The number of halogens is 2. The number of carbonyl (C=O) groups excluding carboxylic acids is 1. The van der Waals surface area contributed by atoms with Gasteiger partial charge in [-0.25, -0.2) is 9.18 Å². The van der Waals surface area contributed by atoms with Crippen molar-refractivity contribution in [3.8, 4) is 0 Å². The Morgan fingerprint density at radius 1 is 1.50 bits per heavy atom. The molecule has 0 bridgehead atoms. The van der Waals surface area contributed by atoms with Crippen LogP contribution in [0.25, 0.3) is 0 Å². The summed E-state index contributed by atoms with van der Waals surface area (Å²) in [7, 11) is 0. The largest absolute Gasteiger partial charge is 0.481 e. The average molecular weight is 329 g/mol. The highest BCUT2D eigenvalue weighted by Crippen LogP contribution is 2.24. The van der Waals surface area contributed by atoms with Crippen molar-refractivity contribution < 1.29 is 19.1 Å². The van der Waals surface area contributed by atoms with Crippen LogP contribution in [-0.4, -0.2) is 35.1 Å². The molecule has 2 atom stereocenters. The summed E-state index contributed by atoms with van der Waals surface area (Å²) in [5.74, 6) is -1.84. The first-order valence-corrected chi connectivity index (χ1v) is 7.49. The van der Waals surface area contributed by atoms with Gasteiger partial charge < -0.3 is 15.3 Å². The number of carboxylic acid groups (broad SMARTS) is 1. The highest BCUT2D eigenvalue weighted by atomic mass is 35.5. The molecule has 0 radical (unpaired) electrons. The summed E-state index contributed by atoms with van der Waals surface area (Å²) in [5.41, 5.74) is 0.614. The lowest BCUT2D eigenvalue weighted by Gasteiger charge is -2.31. The number of nitrogens with zero attached hydrogens (tertiary/aromatic N) is 1. The number of nitrogens with one attached hydrogen (secondary N) is 1. The Morgan fingerprint density at radius 2 is 2.23 bits per heavy atom. The Labute approximate surface area is 133 Å². The molecule has 5 nitrogen and oxygen atoms in total. The minimum absolute atomic E-state index is 0.199. The quantitative estimate of drug-likeness (QED) is 0.896. The van der Waals surface area contributed by atoms with Gasteiger partial charge in [-0.15, -0.1) is 0 Å². The van der Waals surface area contributed by atoms with Gasteiger partial charge in [0.2, 0.25) is 0 Å². The third kappa shape index (κ3) is 3.88. The molecule has 1 heterocycles. The molecule has 0 aliphatic carbocycles. The zero-order valence-corrected chi connectivity index (χ0v) is 12.9. The zero-order valence-electron chi connectivity index (χ0n) is 12.2. The van der Waals surface area contributed by atoms with Gasteiger partial charge >= 0.3 is 12.0 Å². The van der Waals surface area contributed by atoms with Crippen LogP contribution in [0.15, 0.2) is 18.2 Å². The van der Waals surface area contributed by atoms with E-state index in [0.29, 0.717) is 24.9 Å². The van der Waals surface area contributed by atoms with Gasteiger partial charge in [0.05, 0.1) is 12.0 Å². The highest BCUT2D eigenvalue weighted by Gasteiger charge is 2.28. The third-order valence-electron chi connectivity index (χ3n) is 3.83. The second-order valence-electron chi connectivity index (χ2n) is 5.46. The van der Waals surface area contributed by atoms with Gasteiger partial charge in [0, 0.05) is 18.1 Å². The van der Waals surface area contributed by atoms with Crippen molar-refractivity contribution in [2.24, 2.45) is 5.92 Å². The zero-order chi connectivity index (χ0) is 16.3. The third-order valence-corrected chi connectivity index (χ3v) is 4.15. The van der Waals surface area contributed by atoms with E-state index in [1.54, 1.807) is 6.92 Å². The van der Waals surface area contributed by atoms with Crippen LogP contribution in [0.4, 0.5) is 9.18 Å². The number of carbonyl (C=O) groups is 2. The molecular formula is C15H18ClFN2O3. The van der Waals surface area contributed by atoms with Crippen LogP contribution in [0.5, 0.6) is 0 Å². The van der Waals surface area contributed by atoms with Gasteiger partial charge in [0.1, 0.15) is 5.82 Å². The Kier molecular flexibility index (Phi) is 5.24. The monoisotopic (exact) mass is 328 g/mol. The molecule has 1 saturated heterocycles. The van der Waals surface area contributed by atoms with E-state index in [0.717, 1.165) is 0 Å². The van der Waals surface area contributed by atoms with Gasteiger partial charge in [0.15, 0.2) is 0 Å². The average Bonchev–Trinajstić information content (AvgIpc) is 2.47. The van der Waals surface area contributed by atoms with Crippen LogP contribution in [0.3, 0.4) is 0 Å². The number of carboxylic acids is 1. The van der Waals surface area contributed by atoms with Gasteiger partial charge in [-0.2, -0.15) is 0 Å². The van der Waals surface area contributed by atoms with Crippen molar-refractivity contribution in [2.45, 2.75) is 25.8 Å². The minimum atomic E-state index is -0.882. The molecule has 0 saturated carbocycles. The number of piperidine rings is 1. The molecule has 120 valence electrons. The lowest BCUT2D eigenvalue weighted by molar-refractivity contribution is -0.143. The molecular weight excluding hydrogens is 311 g/mol. The summed E-state index contributed by atoms with van der Waals surface area (Å²) in [4.78, 5) is 24.8. The Bertz CT molecular complexity index is 582. The predicted molar refractivity (Wildman–Crippen MR) is 80.3 cm³/mol. The lowest BCUT2D eigenvalue weighted by Crippen LogP contribution is -2.47. The number of urea groups is 1. The van der Waals surface area contributed by atoms with Crippen LogP contribution >= 0.6 is 11.6 Å². The van der Waals surface area contributed by atoms with E-state index in [4.69, 9.17) is 16.7 Å². The number of hydrogen-bond acceptors (Lipinski definition) is 2. The van der Waals surface area contributed by atoms with E-state index in [1.807, 2.05) is 0 Å². The number of likely N-dealkylation sites (tertiary alicyclic amines) is 1. The van der Waals surface area contributed by atoms with Gasteiger partial charge in [-0.3, -0.25) is 4.79 Å². The van der Waals surface area contributed by atoms with Crippen LogP contribution in [0.1, 0.15) is 31.4 Å². The molecule has 2 N–H and O–H groups in total. The van der Waals surface area contributed by atoms with E-state index < -0.39 is 23.7 Å². The number of rotatable bonds is 3. The summed E-state index contributed by atoms with van der Waals surface area (Å²) in [6, 6.07) is 3.27. The van der Waals surface area contributed by atoms with E-state index in [9.17, 15) is 14.0 Å². The minimum Gasteiger partial charge on any atom is -0.481 e. The van der Waals surface area contributed by atoms with Gasteiger partial charge in [-0.1, -0.05) is 17.7 Å². The molecule has 2 rings (SSSR count). The molecule has 1 aliphatic heterocycles. The summed E-state index contributed by atoms with van der Waals surface area (Å²) in [6.45, 7) is 2.47. The second kappa shape index (κ2) is 6.96. The van der Waals surface area contributed by atoms with Crippen molar-refractivity contribution in [2.75, 3.05) is 13.1 Å². The Morgan fingerprint density at radius 3 is 2.86 bits per heavy atom. The first kappa shape index (κ1) is 16.5.